The first-order valence-corrected chi connectivity index (χ1v) is 12.9. The van der Waals surface area contributed by atoms with Gasteiger partial charge in [0, 0.05) is 37.6 Å². The lowest BCUT2D eigenvalue weighted by Gasteiger charge is -2.37. The van der Waals surface area contributed by atoms with Crippen LogP contribution in [0.3, 0.4) is 0 Å². The smallest absolute Gasteiger partial charge is 0.271 e. The normalized spacial score (nSPS) is 14.4. The number of carbonyl (C=O) groups excluding carboxylic acids is 1. The topological polar surface area (TPSA) is 69.7 Å². The van der Waals surface area contributed by atoms with E-state index in [9.17, 15) is 13.2 Å². The summed E-state index contributed by atoms with van der Waals surface area (Å²) in [6.07, 6.45) is 0.307. The molecule has 0 radical (unpaired) electrons. The fourth-order valence-electron chi connectivity index (χ4n) is 3.87. The van der Waals surface area contributed by atoms with Crippen LogP contribution in [0, 0.1) is 13.8 Å². The van der Waals surface area contributed by atoms with E-state index in [2.05, 4.69) is 41.7 Å². The van der Waals surface area contributed by atoms with Gasteiger partial charge in [0.25, 0.3) is 10.0 Å². The molecule has 1 aliphatic rings. The van der Waals surface area contributed by atoms with E-state index < -0.39 is 10.0 Å². The highest BCUT2D eigenvalue weighted by Crippen LogP contribution is 2.24. The zero-order valence-corrected chi connectivity index (χ0v) is 19.9. The van der Waals surface area contributed by atoms with Gasteiger partial charge >= 0.3 is 0 Å². The molecule has 1 aromatic heterocycles. The number of anilines is 2. The Morgan fingerprint density at radius 1 is 0.969 bits per heavy atom. The molecule has 6 nitrogen and oxygen atoms in total. The van der Waals surface area contributed by atoms with Gasteiger partial charge in [-0.15, -0.1) is 11.3 Å². The highest BCUT2D eigenvalue weighted by atomic mass is 32.2. The molecule has 0 unspecified atom stereocenters. The molecule has 2 aromatic carbocycles. The summed E-state index contributed by atoms with van der Waals surface area (Å²) in [6, 6.07) is 16.6. The summed E-state index contributed by atoms with van der Waals surface area (Å²) in [7, 11) is -3.57. The predicted molar refractivity (Wildman–Crippen MR) is 130 cm³/mol. The summed E-state index contributed by atoms with van der Waals surface area (Å²) < 4.78 is 27.5. The molecule has 168 valence electrons. The molecule has 0 atom stereocenters. The lowest BCUT2D eigenvalue weighted by molar-refractivity contribution is -0.130. The summed E-state index contributed by atoms with van der Waals surface area (Å²) in [5.74, 6) is 0.0949. The third-order valence-corrected chi connectivity index (χ3v) is 8.65. The number of aryl methyl sites for hydroxylation is 1. The van der Waals surface area contributed by atoms with Crippen LogP contribution < -0.4 is 9.62 Å². The minimum absolute atomic E-state index is 0.0949. The van der Waals surface area contributed by atoms with Crippen LogP contribution in [0.5, 0.6) is 0 Å². The molecule has 1 fully saturated rings. The Hall–Kier alpha value is -2.84. The van der Waals surface area contributed by atoms with E-state index in [4.69, 9.17) is 0 Å². The first-order chi connectivity index (χ1) is 15.3. The van der Waals surface area contributed by atoms with Gasteiger partial charge in [0.15, 0.2) is 0 Å². The molecule has 1 aliphatic heterocycles. The standard InChI is InChI=1S/C24H27N3O3S2/c1-18-5-3-6-22(19(18)2)26-12-14-27(15-13-26)23(28)17-20-8-10-21(11-9-20)25-32(29,30)24-7-4-16-31-24/h3-11,16,25H,12-15,17H2,1-2H3. The maximum atomic E-state index is 12.8. The molecule has 0 aliphatic carbocycles. The van der Waals surface area contributed by atoms with E-state index in [-0.39, 0.29) is 10.1 Å². The maximum Gasteiger partial charge on any atom is 0.271 e. The largest absolute Gasteiger partial charge is 0.368 e. The first kappa shape index (κ1) is 22.4. The van der Waals surface area contributed by atoms with Crippen LogP contribution in [0.1, 0.15) is 16.7 Å². The van der Waals surface area contributed by atoms with E-state index in [1.54, 1.807) is 41.8 Å². The van der Waals surface area contributed by atoms with E-state index in [1.165, 1.54) is 28.2 Å². The van der Waals surface area contributed by atoms with Gasteiger partial charge in [0.1, 0.15) is 4.21 Å². The van der Waals surface area contributed by atoms with Crippen LogP contribution in [0.2, 0.25) is 0 Å². The number of sulfonamides is 1. The predicted octanol–water partition coefficient (Wildman–Crippen LogP) is 4.06. The molecule has 32 heavy (non-hydrogen) atoms. The molecule has 0 saturated carbocycles. The minimum Gasteiger partial charge on any atom is -0.368 e. The molecule has 1 amide bonds. The van der Waals surface area contributed by atoms with Gasteiger partial charge in [-0.3, -0.25) is 9.52 Å². The van der Waals surface area contributed by atoms with E-state index in [0.717, 1.165) is 18.7 Å². The summed E-state index contributed by atoms with van der Waals surface area (Å²) in [4.78, 5) is 17.1. The van der Waals surface area contributed by atoms with Crippen molar-refractivity contribution in [1.29, 1.82) is 0 Å². The summed E-state index contributed by atoms with van der Waals surface area (Å²) in [5.41, 5.74) is 5.17. The number of amides is 1. The van der Waals surface area contributed by atoms with Crippen molar-refractivity contribution in [3.8, 4) is 0 Å². The van der Waals surface area contributed by atoms with Crippen molar-refractivity contribution in [3.63, 3.8) is 0 Å². The second-order valence-electron chi connectivity index (χ2n) is 8.00. The van der Waals surface area contributed by atoms with Crippen LogP contribution in [0.25, 0.3) is 0 Å². The quantitative estimate of drug-likeness (QED) is 0.591. The van der Waals surface area contributed by atoms with Crippen molar-refractivity contribution in [2.45, 2.75) is 24.5 Å². The van der Waals surface area contributed by atoms with Crippen LogP contribution in [-0.2, 0) is 21.2 Å². The van der Waals surface area contributed by atoms with Gasteiger partial charge in [-0.25, -0.2) is 8.42 Å². The maximum absolute atomic E-state index is 12.8. The minimum atomic E-state index is -3.57. The number of piperazine rings is 1. The Labute approximate surface area is 193 Å². The third-order valence-electron chi connectivity index (χ3n) is 5.87. The van der Waals surface area contributed by atoms with Gasteiger partial charge < -0.3 is 9.80 Å². The van der Waals surface area contributed by atoms with Crippen molar-refractivity contribution in [2.75, 3.05) is 35.8 Å². The molecule has 1 saturated heterocycles. The SMILES string of the molecule is Cc1cccc(N2CCN(C(=O)Cc3ccc(NS(=O)(=O)c4cccs4)cc3)CC2)c1C. The van der Waals surface area contributed by atoms with Gasteiger partial charge in [-0.2, -0.15) is 0 Å². The summed E-state index contributed by atoms with van der Waals surface area (Å²) >= 11 is 1.17. The Balaban J connectivity index is 1.32. The lowest BCUT2D eigenvalue weighted by Crippen LogP contribution is -2.49. The number of hydrogen-bond donors (Lipinski definition) is 1. The lowest BCUT2D eigenvalue weighted by atomic mass is 10.1. The number of hydrogen-bond acceptors (Lipinski definition) is 5. The molecule has 2 heterocycles. The Kier molecular flexibility index (Phi) is 6.53. The third kappa shape index (κ3) is 4.97. The van der Waals surface area contributed by atoms with Crippen molar-refractivity contribution >= 4 is 38.6 Å². The van der Waals surface area contributed by atoms with Crippen molar-refractivity contribution in [2.24, 2.45) is 0 Å². The van der Waals surface area contributed by atoms with Crippen molar-refractivity contribution < 1.29 is 13.2 Å². The highest BCUT2D eigenvalue weighted by molar-refractivity contribution is 7.94. The number of rotatable bonds is 6. The number of nitrogens with zero attached hydrogens (tertiary/aromatic N) is 2. The fourth-order valence-corrected chi connectivity index (χ4v) is 5.93. The monoisotopic (exact) mass is 469 g/mol. The molecule has 3 aromatic rings. The van der Waals surface area contributed by atoms with Gasteiger partial charge in [0.2, 0.25) is 5.91 Å². The molecule has 8 heteroatoms. The molecule has 0 spiro atoms. The molecular weight excluding hydrogens is 442 g/mol. The van der Waals surface area contributed by atoms with Crippen LogP contribution >= 0.6 is 11.3 Å². The number of benzene rings is 2. The van der Waals surface area contributed by atoms with Gasteiger partial charge in [-0.1, -0.05) is 30.3 Å². The zero-order valence-electron chi connectivity index (χ0n) is 18.2. The van der Waals surface area contributed by atoms with Crippen LogP contribution in [0.15, 0.2) is 64.2 Å². The Morgan fingerprint density at radius 3 is 2.34 bits per heavy atom. The van der Waals surface area contributed by atoms with Crippen LogP contribution in [-0.4, -0.2) is 45.4 Å². The van der Waals surface area contributed by atoms with Gasteiger partial charge in [-0.05, 0) is 60.2 Å². The molecule has 1 N–H and O–H groups in total. The zero-order chi connectivity index (χ0) is 22.7. The second-order valence-corrected chi connectivity index (χ2v) is 10.9. The number of carbonyl (C=O) groups is 1. The second kappa shape index (κ2) is 9.34. The number of thiophene rings is 1. The average Bonchev–Trinajstić information content (AvgIpc) is 3.33. The molecule has 4 rings (SSSR count). The van der Waals surface area contributed by atoms with Gasteiger partial charge in [0.05, 0.1) is 6.42 Å². The number of nitrogens with one attached hydrogen (secondary N) is 1. The van der Waals surface area contributed by atoms with Crippen LogP contribution in [0.4, 0.5) is 11.4 Å². The van der Waals surface area contributed by atoms with E-state index in [1.807, 2.05) is 4.90 Å². The van der Waals surface area contributed by atoms with Crippen molar-refractivity contribution in [3.05, 3.63) is 76.7 Å². The highest BCUT2D eigenvalue weighted by Gasteiger charge is 2.22. The Morgan fingerprint density at radius 2 is 1.69 bits per heavy atom. The van der Waals surface area contributed by atoms with Crippen molar-refractivity contribution in [1.82, 2.24) is 4.90 Å². The molecule has 0 bridgehead atoms. The van der Waals surface area contributed by atoms with E-state index in [0.29, 0.717) is 25.2 Å². The Bertz CT molecular complexity index is 1180. The van der Waals surface area contributed by atoms with E-state index >= 15 is 0 Å². The summed E-state index contributed by atoms with van der Waals surface area (Å²) in [6.45, 7) is 7.30. The first-order valence-electron chi connectivity index (χ1n) is 10.6. The summed E-state index contributed by atoms with van der Waals surface area (Å²) in [5, 5.41) is 1.73. The average molecular weight is 470 g/mol. The molecular formula is C24H27N3O3S2. The fraction of sp³-hybridized carbons (Fsp3) is 0.292.